The summed E-state index contributed by atoms with van der Waals surface area (Å²) in [6.07, 6.45) is 3.84. The van der Waals surface area contributed by atoms with Crippen LogP contribution in [0.1, 0.15) is 27.2 Å². The summed E-state index contributed by atoms with van der Waals surface area (Å²) in [6.45, 7) is 6.78. The molecule has 0 bridgehead atoms. The van der Waals surface area contributed by atoms with Crippen LogP contribution < -0.4 is 4.74 Å². The molecule has 1 fully saturated rings. The molecule has 0 aromatic carbocycles. The summed E-state index contributed by atoms with van der Waals surface area (Å²) in [5, 5.41) is 0. The second-order valence-electron chi connectivity index (χ2n) is 5.76. The minimum absolute atomic E-state index is 0.0250. The fourth-order valence-corrected chi connectivity index (χ4v) is 2.26. The lowest BCUT2D eigenvalue weighted by Crippen LogP contribution is -2.36. The number of halogens is 1. The maximum absolute atomic E-state index is 12.0. The average molecular weight is 343 g/mol. The average Bonchev–Trinajstić information content (AvgIpc) is 2.79. The standard InChI is InChI=1S/C14H19BrN2O3/c1-14(2,3)20-13(18)17-7-5-10(9-17)19-12-8-16-6-4-11(12)15/h4,6,8,10H,5,7,9H2,1-3H3/t10-/m1/s1. The van der Waals surface area contributed by atoms with E-state index in [0.717, 1.165) is 10.9 Å². The van der Waals surface area contributed by atoms with E-state index in [9.17, 15) is 4.79 Å². The molecule has 0 radical (unpaired) electrons. The van der Waals surface area contributed by atoms with Crippen molar-refractivity contribution in [3.05, 3.63) is 22.9 Å². The first-order valence-electron chi connectivity index (χ1n) is 6.59. The molecule has 1 amide bonds. The van der Waals surface area contributed by atoms with Crippen molar-refractivity contribution in [1.82, 2.24) is 9.88 Å². The van der Waals surface area contributed by atoms with Crippen LogP contribution in [0.15, 0.2) is 22.9 Å². The van der Waals surface area contributed by atoms with E-state index in [4.69, 9.17) is 9.47 Å². The number of amides is 1. The fourth-order valence-electron chi connectivity index (χ4n) is 1.95. The number of rotatable bonds is 2. The topological polar surface area (TPSA) is 51.7 Å². The van der Waals surface area contributed by atoms with Crippen LogP contribution in [0.4, 0.5) is 4.79 Å². The SMILES string of the molecule is CC(C)(C)OC(=O)N1CC[C@@H](Oc2cnccc2Br)C1. The van der Waals surface area contributed by atoms with Gasteiger partial charge in [-0.2, -0.15) is 0 Å². The third-order valence-corrected chi connectivity index (χ3v) is 3.48. The van der Waals surface area contributed by atoms with Crippen LogP contribution in [-0.2, 0) is 4.74 Å². The van der Waals surface area contributed by atoms with Gasteiger partial charge in [0, 0.05) is 19.2 Å². The highest BCUT2D eigenvalue weighted by Gasteiger charge is 2.31. The van der Waals surface area contributed by atoms with Crippen LogP contribution in [0.2, 0.25) is 0 Å². The van der Waals surface area contributed by atoms with Crippen molar-refractivity contribution in [1.29, 1.82) is 0 Å². The third kappa shape index (κ3) is 4.10. The maximum atomic E-state index is 12.0. The van der Waals surface area contributed by atoms with Gasteiger partial charge in [-0.1, -0.05) is 0 Å². The highest BCUT2D eigenvalue weighted by molar-refractivity contribution is 9.10. The Labute approximate surface area is 127 Å². The summed E-state index contributed by atoms with van der Waals surface area (Å²) >= 11 is 3.42. The molecule has 5 nitrogen and oxygen atoms in total. The lowest BCUT2D eigenvalue weighted by atomic mass is 10.2. The first-order valence-corrected chi connectivity index (χ1v) is 7.38. The molecule has 2 heterocycles. The van der Waals surface area contributed by atoms with Crippen molar-refractivity contribution in [3.8, 4) is 5.75 Å². The van der Waals surface area contributed by atoms with E-state index in [-0.39, 0.29) is 12.2 Å². The number of pyridine rings is 1. The van der Waals surface area contributed by atoms with Crippen LogP contribution in [0.25, 0.3) is 0 Å². The van der Waals surface area contributed by atoms with Crippen LogP contribution >= 0.6 is 15.9 Å². The van der Waals surface area contributed by atoms with Crippen molar-refractivity contribution < 1.29 is 14.3 Å². The first kappa shape index (κ1) is 15.1. The van der Waals surface area contributed by atoms with Crippen molar-refractivity contribution >= 4 is 22.0 Å². The Morgan fingerprint density at radius 2 is 2.25 bits per heavy atom. The Morgan fingerprint density at radius 1 is 1.50 bits per heavy atom. The van der Waals surface area contributed by atoms with Gasteiger partial charge in [-0.15, -0.1) is 0 Å². The molecule has 1 saturated heterocycles. The van der Waals surface area contributed by atoms with E-state index in [2.05, 4.69) is 20.9 Å². The molecule has 0 N–H and O–H groups in total. The van der Waals surface area contributed by atoms with Gasteiger partial charge in [-0.3, -0.25) is 4.98 Å². The van der Waals surface area contributed by atoms with E-state index < -0.39 is 5.60 Å². The molecule has 1 aliphatic heterocycles. The minimum Gasteiger partial charge on any atom is -0.486 e. The maximum Gasteiger partial charge on any atom is 0.410 e. The van der Waals surface area contributed by atoms with Crippen LogP contribution in [0.5, 0.6) is 5.75 Å². The second kappa shape index (κ2) is 5.99. The van der Waals surface area contributed by atoms with Gasteiger partial charge in [0.05, 0.1) is 17.2 Å². The highest BCUT2D eigenvalue weighted by Crippen LogP contribution is 2.26. The molecule has 1 aromatic rings. The largest absolute Gasteiger partial charge is 0.486 e. The summed E-state index contributed by atoms with van der Waals surface area (Å²) < 4.78 is 12.1. The molecule has 2 rings (SSSR count). The number of ether oxygens (including phenoxy) is 2. The highest BCUT2D eigenvalue weighted by atomic mass is 79.9. The Hall–Kier alpha value is -1.30. The summed E-state index contributed by atoms with van der Waals surface area (Å²) in [5.41, 5.74) is -0.470. The van der Waals surface area contributed by atoms with Crippen LogP contribution in [0, 0.1) is 0 Å². The number of likely N-dealkylation sites (tertiary alicyclic amines) is 1. The fraction of sp³-hybridized carbons (Fsp3) is 0.571. The number of carbonyl (C=O) groups excluding carboxylic acids is 1. The monoisotopic (exact) mass is 342 g/mol. The van der Waals surface area contributed by atoms with Crippen molar-refractivity contribution in [3.63, 3.8) is 0 Å². The van der Waals surface area contributed by atoms with E-state index in [1.165, 1.54) is 0 Å². The van der Waals surface area contributed by atoms with Gasteiger partial charge in [0.1, 0.15) is 11.7 Å². The molecule has 0 saturated carbocycles. The molecule has 20 heavy (non-hydrogen) atoms. The number of nitrogens with zero attached hydrogens (tertiary/aromatic N) is 2. The predicted molar refractivity (Wildman–Crippen MR) is 78.8 cm³/mol. The zero-order valence-electron chi connectivity index (χ0n) is 11.9. The normalized spacial score (nSPS) is 19.0. The molecule has 0 aliphatic carbocycles. The van der Waals surface area contributed by atoms with Gasteiger partial charge in [0.2, 0.25) is 0 Å². The molecular weight excluding hydrogens is 324 g/mol. The first-order chi connectivity index (χ1) is 9.35. The Kier molecular flexibility index (Phi) is 4.52. The zero-order chi connectivity index (χ0) is 14.8. The summed E-state index contributed by atoms with van der Waals surface area (Å²) in [6, 6.07) is 1.83. The van der Waals surface area contributed by atoms with Crippen molar-refractivity contribution in [2.75, 3.05) is 13.1 Å². The Bertz CT molecular complexity index is 488. The quantitative estimate of drug-likeness (QED) is 0.827. The van der Waals surface area contributed by atoms with E-state index in [1.807, 2.05) is 26.8 Å². The number of hydrogen-bond donors (Lipinski definition) is 0. The van der Waals surface area contributed by atoms with E-state index >= 15 is 0 Å². The van der Waals surface area contributed by atoms with Crippen molar-refractivity contribution in [2.45, 2.75) is 38.9 Å². The number of carbonyl (C=O) groups is 1. The molecule has 0 unspecified atom stereocenters. The van der Waals surface area contributed by atoms with E-state index in [1.54, 1.807) is 17.3 Å². The Morgan fingerprint density at radius 3 is 2.90 bits per heavy atom. The van der Waals surface area contributed by atoms with Gasteiger partial charge < -0.3 is 14.4 Å². The van der Waals surface area contributed by atoms with Gasteiger partial charge in [-0.25, -0.2) is 4.79 Å². The third-order valence-electron chi connectivity index (χ3n) is 2.82. The van der Waals surface area contributed by atoms with Crippen LogP contribution in [-0.4, -0.2) is 40.8 Å². The lowest BCUT2D eigenvalue weighted by molar-refractivity contribution is 0.0275. The smallest absolute Gasteiger partial charge is 0.410 e. The minimum atomic E-state index is -0.470. The Balaban J connectivity index is 1.90. The predicted octanol–water partition coefficient (Wildman–Crippen LogP) is 3.23. The van der Waals surface area contributed by atoms with E-state index in [0.29, 0.717) is 18.8 Å². The van der Waals surface area contributed by atoms with Gasteiger partial charge in [0.15, 0.2) is 5.75 Å². The number of hydrogen-bond acceptors (Lipinski definition) is 4. The van der Waals surface area contributed by atoms with Gasteiger partial charge in [-0.05, 0) is 42.8 Å². The van der Waals surface area contributed by atoms with Gasteiger partial charge >= 0.3 is 6.09 Å². The lowest BCUT2D eigenvalue weighted by Gasteiger charge is -2.24. The molecule has 1 atom stereocenters. The second-order valence-corrected chi connectivity index (χ2v) is 6.62. The van der Waals surface area contributed by atoms with Crippen molar-refractivity contribution in [2.24, 2.45) is 0 Å². The molecule has 6 heteroatoms. The molecule has 1 aromatic heterocycles. The molecule has 110 valence electrons. The molecule has 1 aliphatic rings. The molecular formula is C14H19BrN2O3. The van der Waals surface area contributed by atoms with Crippen LogP contribution in [0.3, 0.4) is 0 Å². The summed E-state index contributed by atoms with van der Waals surface area (Å²) in [7, 11) is 0. The summed E-state index contributed by atoms with van der Waals surface area (Å²) in [4.78, 5) is 17.7. The summed E-state index contributed by atoms with van der Waals surface area (Å²) in [5.74, 6) is 0.698. The molecule has 0 spiro atoms. The van der Waals surface area contributed by atoms with Gasteiger partial charge in [0.25, 0.3) is 0 Å². The number of aromatic nitrogens is 1. The zero-order valence-corrected chi connectivity index (χ0v) is 13.5.